The highest BCUT2D eigenvalue weighted by atomic mass is 16.6. The van der Waals surface area contributed by atoms with Gasteiger partial charge in [0.15, 0.2) is 0 Å². The number of fused-ring (bicyclic) bond motifs is 1. The van der Waals surface area contributed by atoms with Gasteiger partial charge < -0.3 is 14.4 Å². The molecule has 0 spiro atoms. The molecule has 8 nitrogen and oxygen atoms in total. The fourth-order valence-corrected chi connectivity index (χ4v) is 4.44. The first-order valence-corrected chi connectivity index (χ1v) is 11.4. The Balaban J connectivity index is 1.58. The van der Waals surface area contributed by atoms with Crippen molar-refractivity contribution in [3.63, 3.8) is 0 Å². The molecular weight excluding hydrogens is 432 g/mol. The lowest BCUT2D eigenvalue weighted by atomic mass is 9.98. The highest BCUT2D eigenvalue weighted by Gasteiger charge is 2.33. The van der Waals surface area contributed by atoms with Gasteiger partial charge in [-0.2, -0.15) is 0 Å². The quantitative estimate of drug-likeness (QED) is 0.391. The van der Waals surface area contributed by atoms with Crippen molar-refractivity contribution in [2.24, 2.45) is 0 Å². The first-order chi connectivity index (χ1) is 16.4. The summed E-state index contributed by atoms with van der Waals surface area (Å²) < 4.78 is 2.17. The Morgan fingerprint density at radius 3 is 2.41 bits per heavy atom. The third kappa shape index (κ3) is 4.71. The van der Waals surface area contributed by atoms with E-state index in [1.807, 2.05) is 49.2 Å². The van der Waals surface area contributed by atoms with E-state index in [2.05, 4.69) is 16.7 Å². The van der Waals surface area contributed by atoms with Crippen molar-refractivity contribution in [2.75, 3.05) is 19.6 Å². The number of benzene rings is 2. The van der Waals surface area contributed by atoms with E-state index in [9.17, 15) is 19.7 Å². The number of aromatic nitrogens is 1. The zero-order valence-corrected chi connectivity index (χ0v) is 19.4. The van der Waals surface area contributed by atoms with Crippen LogP contribution in [0.2, 0.25) is 0 Å². The second-order valence-electron chi connectivity index (χ2n) is 8.56. The number of carbonyl (C=O) groups excluding carboxylic acids is 2. The van der Waals surface area contributed by atoms with E-state index in [0.717, 1.165) is 16.8 Å². The Morgan fingerprint density at radius 1 is 1.06 bits per heavy atom. The lowest BCUT2D eigenvalue weighted by molar-refractivity contribution is -0.384. The van der Waals surface area contributed by atoms with Crippen molar-refractivity contribution in [1.82, 2.24) is 14.4 Å². The Morgan fingerprint density at radius 2 is 1.76 bits per heavy atom. The zero-order valence-electron chi connectivity index (χ0n) is 19.4. The van der Waals surface area contributed by atoms with Crippen LogP contribution in [0.3, 0.4) is 0 Å². The monoisotopic (exact) mass is 460 g/mol. The molecule has 1 atom stereocenters. The van der Waals surface area contributed by atoms with Crippen molar-refractivity contribution >= 4 is 17.5 Å². The second-order valence-corrected chi connectivity index (χ2v) is 8.56. The molecule has 1 aliphatic heterocycles. The lowest BCUT2D eigenvalue weighted by Gasteiger charge is -2.38. The number of non-ortho nitro benzene ring substituents is 1. The average Bonchev–Trinajstić information content (AvgIpc) is 3.32. The van der Waals surface area contributed by atoms with E-state index in [1.54, 1.807) is 0 Å². The molecule has 0 bridgehead atoms. The summed E-state index contributed by atoms with van der Waals surface area (Å²) >= 11 is 0. The van der Waals surface area contributed by atoms with Crippen LogP contribution in [0.5, 0.6) is 0 Å². The van der Waals surface area contributed by atoms with Crippen LogP contribution >= 0.6 is 0 Å². The number of amides is 2. The van der Waals surface area contributed by atoms with E-state index in [0.29, 0.717) is 31.6 Å². The number of rotatable bonds is 7. The van der Waals surface area contributed by atoms with E-state index in [4.69, 9.17) is 0 Å². The number of aryl methyl sites for hydroxylation is 1. The van der Waals surface area contributed by atoms with Gasteiger partial charge in [-0.25, -0.2) is 0 Å². The number of carbonyl (C=O) groups is 2. The van der Waals surface area contributed by atoms with Crippen LogP contribution in [0.1, 0.15) is 46.6 Å². The van der Waals surface area contributed by atoms with E-state index >= 15 is 0 Å². The maximum atomic E-state index is 13.6. The van der Waals surface area contributed by atoms with Gasteiger partial charge in [0.1, 0.15) is 6.54 Å². The van der Waals surface area contributed by atoms with E-state index in [1.165, 1.54) is 29.2 Å². The second kappa shape index (κ2) is 9.91. The highest BCUT2D eigenvalue weighted by Crippen LogP contribution is 2.32. The molecule has 0 fully saturated rings. The van der Waals surface area contributed by atoms with Crippen molar-refractivity contribution in [2.45, 2.75) is 32.9 Å². The van der Waals surface area contributed by atoms with Crippen molar-refractivity contribution in [3.05, 3.63) is 99.4 Å². The molecule has 3 aromatic rings. The van der Waals surface area contributed by atoms with Crippen LogP contribution in [0, 0.1) is 17.0 Å². The van der Waals surface area contributed by atoms with E-state index in [-0.39, 0.29) is 30.1 Å². The smallest absolute Gasteiger partial charge is 0.269 e. The minimum atomic E-state index is -0.501. The molecule has 2 heterocycles. The summed E-state index contributed by atoms with van der Waals surface area (Å²) in [6, 6.07) is 17.5. The van der Waals surface area contributed by atoms with Gasteiger partial charge in [-0.05, 0) is 43.2 Å². The molecule has 0 unspecified atom stereocenters. The maximum Gasteiger partial charge on any atom is 0.269 e. The summed E-state index contributed by atoms with van der Waals surface area (Å²) in [5, 5.41) is 10.9. The Kier molecular flexibility index (Phi) is 6.77. The van der Waals surface area contributed by atoms with Gasteiger partial charge in [0.25, 0.3) is 11.6 Å². The summed E-state index contributed by atoms with van der Waals surface area (Å²) in [4.78, 5) is 40.6. The predicted octanol–water partition coefficient (Wildman–Crippen LogP) is 4.19. The molecule has 2 amide bonds. The number of hydrogen-bond donors (Lipinski definition) is 0. The molecule has 2 aromatic carbocycles. The molecule has 176 valence electrons. The van der Waals surface area contributed by atoms with Crippen LogP contribution in [0.15, 0.2) is 66.9 Å². The van der Waals surface area contributed by atoms with Gasteiger partial charge in [0.2, 0.25) is 5.91 Å². The summed E-state index contributed by atoms with van der Waals surface area (Å²) in [5.74, 6) is -0.431. The molecule has 1 aromatic heterocycles. The van der Waals surface area contributed by atoms with Crippen LogP contribution < -0.4 is 0 Å². The first-order valence-electron chi connectivity index (χ1n) is 11.4. The first kappa shape index (κ1) is 23.2. The van der Waals surface area contributed by atoms with E-state index < -0.39 is 4.92 Å². The summed E-state index contributed by atoms with van der Waals surface area (Å²) in [6.07, 6.45) is 2.72. The number of nitro groups is 1. The topological polar surface area (TPSA) is 88.7 Å². The van der Waals surface area contributed by atoms with Crippen molar-refractivity contribution < 1.29 is 14.5 Å². The van der Waals surface area contributed by atoms with Gasteiger partial charge >= 0.3 is 0 Å². The number of nitrogens with zero attached hydrogens (tertiary/aromatic N) is 4. The van der Waals surface area contributed by atoms with Gasteiger partial charge in [-0.3, -0.25) is 19.7 Å². The molecule has 0 saturated heterocycles. The lowest BCUT2D eigenvalue weighted by Crippen LogP contribution is -2.48. The fraction of sp³-hybridized carbons (Fsp3) is 0.308. The Hall–Kier alpha value is -3.94. The van der Waals surface area contributed by atoms with Crippen LogP contribution in [-0.2, 0) is 11.3 Å². The molecule has 8 heteroatoms. The Labute approximate surface area is 198 Å². The fourth-order valence-electron chi connectivity index (χ4n) is 4.44. The van der Waals surface area contributed by atoms with Crippen LogP contribution in [0.4, 0.5) is 5.69 Å². The predicted molar refractivity (Wildman–Crippen MR) is 128 cm³/mol. The minimum Gasteiger partial charge on any atom is -0.348 e. The summed E-state index contributed by atoms with van der Waals surface area (Å²) in [5.41, 5.74) is 3.48. The molecule has 0 N–H and O–H groups in total. The molecule has 0 aliphatic carbocycles. The maximum absolute atomic E-state index is 13.6. The molecule has 34 heavy (non-hydrogen) atoms. The largest absolute Gasteiger partial charge is 0.348 e. The minimum absolute atomic E-state index is 0.0489. The van der Waals surface area contributed by atoms with Gasteiger partial charge in [0, 0.05) is 49.2 Å². The number of nitro benzene ring substituents is 1. The highest BCUT2D eigenvalue weighted by molar-refractivity contribution is 5.96. The van der Waals surface area contributed by atoms with Crippen LogP contribution in [0.25, 0.3) is 0 Å². The molecule has 0 radical (unpaired) electrons. The van der Waals surface area contributed by atoms with Crippen molar-refractivity contribution in [3.8, 4) is 0 Å². The normalized spacial score (nSPS) is 15.0. The van der Waals surface area contributed by atoms with Gasteiger partial charge in [-0.1, -0.05) is 36.8 Å². The Bertz CT molecular complexity index is 1180. The van der Waals surface area contributed by atoms with Crippen molar-refractivity contribution in [1.29, 1.82) is 0 Å². The average molecular weight is 461 g/mol. The number of hydrogen-bond acceptors (Lipinski definition) is 4. The third-order valence-electron chi connectivity index (χ3n) is 6.18. The summed E-state index contributed by atoms with van der Waals surface area (Å²) in [6.45, 7) is 5.59. The molecule has 4 rings (SSSR count). The molecule has 1 aliphatic rings. The zero-order chi connectivity index (χ0) is 24.2. The SMILES string of the molecule is CCCN(CC(=O)N1CCn2cccc2[C@@H]1c1ccc(C)cc1)C(=O)c1ccc([N+](=O)[O-])cc1. The standard InChI is InChI=1S/C26H28N4O4/c1-3-14-28(26(32)21-10-12-22(13-11-21)30(33)34)18-24(31)29-17-16-27-15-4-5-23(27)25(29)20-8-6-19(2)7-9-20/h4-13,15,25H,3,14,16-18H2,1-2H3/t25-/m0/s1. The van der Waals surface area contributed by atoms with Gasteiger partial charge in [-0.15, -0.1) is 0 Å². The van der Waals surface area contributed by atoms with Crippen LogP contribution in [-0.4, -0.2) is 50.7 Å². The van der Waals surface area contributed by atoms with Gasteiger partial charge in [0.05, 0.1) is 11.0 Å². The molecule has 0 saturated carbocycles. The third-order valence-corrected chi connectivity index (χ3v) is 6.18. The summed E-state index contributed by atoms with van der Waals surface area (Å²) in [7, 11) is 0. The molecular formula is C26H28N4O4.